The fourth-order valence-electron chi connectivity index (χ4n) is 3.43. The van der Waals surface area contributed by atoms with Crippen LogP contribution in [0.1, 0.15) is 55.8 Å². The number of carbonyl (C=O) groups excluding carboxylic acids is 1. The third-order valence-electron chi connectivity index (χ3n) is 4.92. The Morgan fingerprint density at radius 2 is 2.16 bits per heavy atom. The molecular formula is C18H22N4O2S. The molecule has 1 aromatic carbocycles. The van der Waals surface area contributed by atoms with Gasteiger partial charge in [0, 0.05) is 6.04 Å². The molecule has 0 aliphatic heterocycles. The molecular weight excluding hydrogens is 336 g/mol. The number of nitrogens with one attached hydrogen (secondary N) is 2. The Morgan fingerprint density at radius 3 is 2.96 bits per heavy atom. The molecule has 1 saturated carbocycles. The summed E-state index contributed by atoms with van der Waals surface area (Å²) in [5, 5.41) is 10.1. The van der Waals surface area contributed by atoms with Crippen LogP contribution < -0.4 is 11.0 Å². The molecule has 2 aromatic rings. The molecule has 1 amide bonds. The van der Waals surface area contributed by atoms with Crippen molar-refractivity contribution < 1.29 is 4.79 Å². The highest BCUT2D eigenvalue weighted by molar-refractivity contribution is 8.00. The van der Waals surface area contributed by atoms with Crippen LogP contribution >= 0.6 is 11.8 Å². The molecule has 1 aromatic heterocycles. The first-order chi connectivity index (χ1) is 12.1. The van der Waals surface area contributed by atoms with Gasteiger partial charge in [-0.2, -0.15) is 0 Å². The van der Waals surface area contributed by atoms with Crippen molar-refractivity contribution in [3.8, 4) is 0 Å². The monoisotopic (exact) mass is 358 g/mol. The predicted octanol–water partition coefficient (Wildman–Crippen LogP) is 2.58. The molecule has 2 atom stereocenters. The second kappa shape index (κ2) is 6.71. The van der Waals surface area contributed by atoms with E-state index in [1.807, 2.05) is 13.0 Å². The minimum Gasteiger partial charge on any atom is -0.348 e. The summed E-state index contributed by atoms with van der Waals surface area (Å²) in [6, 6.07) is 8.65. The van der Waals surface area contributed by atoms with Crippen LogP contribution in [0.5, 0.6) is 0 Å². The lowest BCUT2D eigenvalue weighted by Gasteiger charge is -2.27. The van der Waals surface area contributed by atoms with E-state index in [-0.39, 0.29) is 28.9 Å². The first-order valence-corrected chi connectivity index (χ1v) is 9.73. The summed E-state index contributed by atoms with van der Waals surface area (Å²) in [5.41, 5.74) is 2.38. The summed E-state index contributed by atoms with van der Waals surface area (Å²) in [4.78, 5) is 24.5. The Labute approximate surface area is 150 Å². The normalized spacial score (nSPS) is 20.8. The van der Waals surface area contributed by atoms with Gasteiger partial charge >= 0.3 is 5.69 Å². The first kappa shape index (κ1) is 16.4. The van der Waals surface area contributed by atoms with Crippen molar-refractivity contribution in [1.29, 1.82) is 0 Å². The van der Waals surface area contributed by atoms with Gasteiger partial charge in [-0.25, -0.2) is 9.89 Å². The molecule has 6 nitrogen and oxygen atoms in total. The van der Waals surface area contributed by atoms with Crippen molar-refractivity contribution in [3.05, 3.63) is 45.9 Å². The number of hydrogen-bond acceptors (Lipinski definition) is 4. The SMILES string of the molecule is C[C@@H](Sc1n[nH]c(=O)n1C1CC1)C(=O)N[C@H]1CCCc2ccccc21. The van der Waals surface area contributed by atoms with Crippen molar-refractivity contribution >= 4 is 17.7 Å². The average molecular weight is 358 g/mol. The van der Waals surface area contributed by atoms with Gasteiger partial charge in [0.05, 0.1) is 11.3 Å². The van der Waals surface area contributed by atoms with Crippen LogP contribution in [0.15, 0.2) is 34.2 Å². The minimum absolute atomic E-state index is 0.00972. The molecule has 0 spiro atoms. The Hall–Kier alpha value is -2.02. The van der Waals surface area contributed by atoms with Gasteiger partial charge in [-0.1, -0.05) is 36.0 Å². The highest BCUT2D eigenvalue weighted by Gasteiger charge is 2.30. The maximum Gasteiger partial charge on any atom is 0.344 e. The standard InChI is InChI=1S/C18H22N4O2S/c1-11(25-18-21-20-17(24)22(18)13-9-10-13)16(23)19-15-8-4-6-12-5-2-3-7-14(12)15/h2-3,5,7,11,13,15H,4,6,8-10H2,1H3,(H,19,23)(H,20,24)/t11-,15+/m1/s1. The number of carbonyl (C=O) groups is 1. The lowest BCUT2D eigenvalue weighted by Crippen LogP contribution is -2.36. The number of fused-ring (bicyclic) bond motifs is 1. The number of H-pyrrole nitrogens is 1. The number of rotatable bonds is 5. The van der Waals surface area contributed by atoms with Gasteiger partial charge in [-0.3, -0.25) is 9.36 Å². The molecule has 0 radical (unpaired) electrons. The smallest absolute Gasteiger partial charge is 0.344 e. The number of benzene rings is 1. The zero-order chi connectivity index (χ0) is 17.4. The molecule has 7 heteroatoms. The summed E-state index contributed by atoms with van der Waals surface area (Å²) in [6.07, 6.45) is 5.14. The third kappa shape index (κ3) is 3.38. The van der Waals surface area contributed by atoms with E-state index in [4.69, 9.17) is 0 Å². The summed E-state index contributed by atoms with van der Waals surface area (Å²) >= 11 is 1.35. The second-order valence-corrected chi connectivity index (χ2v) is 8.13. The van der Waals surface area contributed by atoms with E-state index in [1.54, 1.807) is 4.57 Å². The minimum atomic E-state index is -0.304. The molecule has 132 valence electrons. The molecule has 0 bridgehead atoms. The number of hydrogen-bond donors (Lipinski definition) is 2. The maximum atomic E-state index is 12.7. The van der Waals surface area contributed by atoms with Crippen LogP contribution in [0.2, 0.25) is 0 Å². The van der Waals surface area contributed by atoms with Crippen molar-refractivity contribution in [3.63, 3.8) is 0 Å². The van der Waals surface area contributed by atoms with Gasteiger partial charge < -0.3 is 5.32 Å². The van der Waals surface area contributed by atoms with Gasteiger partial charge in [0.1, 0.15) is 0 Å². The number of aromatic nitrogens is 3. The van der Waals surface area contributed by atoms with Crippen molar-refractivity contribution in [1.82, 2.24) is 20.1 Å². The maximum absolute atomic E-state index is 12.7. The summed E-state index contributed by atoms with van der Waals surface area (Å²) in [5.74, 6) is -0.00972. The fraction of sp³-hybridized carbons (Fsp3) is 0.500. The van der Waals surface area contributed by atoms with E-state index in [0.29, 0.717) is 5.16 Å². The van der Waals surface area contributed by atoms with Crippen molar-refractivity contribution in [2.75, 3.05) is 0 Å². The van der Waals surface area contributed by atoms with Crippen LogP contribution in [0.4, 0.5) is 0 Å². The zero-order valence-corrected chi connectivity index (χ0v) is 15.0. The van der Waals surface area contributed by atoms with E-state index >= 15 is 0 Å². The van der Waals surface area contributed by atoms with E-state index in [2.05, 4.69) is 33.7 Å². The van der Waals surface area contributed by atoms with Crippen LogP contribution in [0.3, 0.4) is 0 Å². The lowest BCUT2D eigenvalue weighted by atomic mass is 9.88. The number of amides is 1. The van der Waals surface area contributed by atoms with Crippen LogP contribution in [-0.4, -0.2) is 25.9 Å². The van der Waals surface area contributed by atoms with Crippen molar-refractivity contribution in [2.45, 2.75) is 61.5 Å². The number of nitrogens with zero attached hydrogens (tertiary/aromatic N) is 2. The lowest BCUT2D eigenvalue weighted by molar-refractivity contribution is -0.121. The Bertz CT molecular complexity index is 840. The Balaban J connectivity index is 1.44. The van der Waals surface area contributed by atoms with Crippen LogP contribution in [-0.2, 0) is 11.2 Å². The fourth-order valence-corrected chi connectivity index (χ4v) is 4.37. The van der Waals surface area contributed by atoms with Gasteiger partial charge in [0.2, 0.25) is 5.91 Å². The molecule has 2 N–H and O–H groups in total. The van der Waals surface area contributed by atoms with E-state index in [0.717, 1.165) is 32.1 Å². The van der Waals surface area contributed by atoms with Crippen LogP contribution in [0.25, 0.3) is 0 Å². The molecule has 1 fully saturated rings. The average Bonchev–Trinajstić information content (AvgIpc) is 3.39. The van der Waals surface area contributed by atoms with Crippen LogP contribution in [0, 0.1) is 0 Å². The summed E-state index contributed by atoms with van der Waals surface area (Å²) < 4.78 is 1.68. The quantitative estimate of drug-likeness (QED) is 0.805. The Morgan fingerprint density at radius 1 is 1.36 bits per heavy atom. The van der Waals surface area contributed by atoms with Gasteiger partial charge in [-0.15, -0.1) is 5.10 Å². The highest BCUT2D eigenvalue weighted by Crippen LogP contribution is 2.37. The Kier molecular flexibility index (Phi) is 4.41. The number of aryl methyl sites for hydroxylation is 1. The first-order valence-electron chi connectivity index (χ1n) is 8.85. The molecule has 2 aliphatic carbocycles. The second-order valence-electron chi connectivity index (χ2n) is 6.82. The van der Waals surface area contributed by atoms with E-state index < -0.39 is 0 Å². The molecule has 4 rings (SSSR count). The summed E-state index contributed by atoms with van der Waals surface area (Å²) in [6.45, 7) is 1.87. The van der Waals surface area contributed by atoms with Crippen molar-refractivity contribution in [2.24, 2.45) is 0 Å². The van der Waals surface area contributed by atoms with Gasteiger partial charge in [0.25, 0.3) is 0 Å². The van der Waals surface area contributed by atoms with E-state index in [1.165, 1.54) is 22.9 Å². The molecule has 0 unspecified atom stereocenters. The van der Waals surface area contributed by atoms with Gasteiger partial charge in [-0.05, 0) is 50.2 Å². The molecule has 2 aliphatic rings. The summed E-state index contributed by atoms with van der Waals surface area (Å²) in [7, 11) is 0. The third-order valence-corrected chi connectivity index (χ3v) is 5.99. The highest BCUT2D eigenvalue weighted by atomic mass is 32.2. The zero-order valence-electron chi connectivity index (χ0n) is 14.2. The molecule has 25 heavy (non-hydrogen) atoms. The van der Waals surface area contributed by atoms with E-state index in [9.17, 15) is 9.59 Å². The molecule has 1 heterocycles. The topological polar surface area (TPSA) is 79.8 Å². The molecule has 0 saturated heterocycles. The predicted molar refractivity (Wildman–Crippen MR) is 96.7 cm³/mol. The largest absolute Gasteiger partial charge is 0.348 e. The number of aromatic amines is 1. The number of thioether (sulfide) groups is 1. The van der Waals surface area contributed by atoms with Gasteiger partial charge in [0.15, 0.2) is 5.16 Å².